The second-order valence-electron chi connectivity index (χ2n) is 8.96. The first-order valence-corrected chi connectivity index (χ1v) is 13.3. The first-order valence-electron chi connectivity index (χ1n) is 12.5. The van der Waals surface area contributed by atoms with Crippen LogP contribution in [0.15, 0.2) is 143 Å². The number of benzene rings is 5. The van der Waals surface area contributed by atoms with Crippen molar-refractivity contribution < 1.29 is 0 Å². The van der Waals surface area contributed by atoms with Crippen LogP contribution in [-0.2, 0) is 0 Å². The summed E-state index contributed by atoms with van der Waals surface area (Å²) in [6, 6.07) is 45.7. The van der Waals surface area contributed by atoms with Crippen LogP contribution in [0.1, 0.15) is 0 Å². The lowest BCUT2D eigenvalue weighted by atomic mass is 10.1. The van der Waals surface area contributed by atoms with Gasteiger partial charge in [-0.05, 0) is 48.5 Å². The summed E-state index contributed by atoms with van der Waals surface area (Å²) < 4.78 is 0. The molecule has 0 unspecified atom stereocenters. The maximum Gasteiger partial charge on any atom is 0.164 e. The van der Waals surface area contributed by atoms with Gasteiger partial charge in [-0.3, -0.25) is 0 Å². The molecule has 7 rings (SSSR count). The van der Waals surface area contributed by atoms with E-state index < -0.39 is 0 Å². The fraction of sp³-hybridized carbons (Fsp3) is 0. The Morgan fingerprint density at radius 3 is 1.26 bits per heavy atom. The van der Waals surface area contributed by atoms with Crippen LogP contribution in [0.4, 0.5) is 17.1 Å². The van der Waals surface area contributed by atoms with Crippen LogP contribution in [0.2, 0.25) is 0 Å². The van der Waals surface area contributed by atoms with Gasteiger partial charge >= 0.3 is 0 Å². The Hall–Kier alpha value is -4.74. The van der Waals surface area contributed by atoms with Crippen molar-refractivity contribution in [3.63, 3.8) is 0 Å². The van der Waals surface area contributed by atoms with E-state index in [9.17, 15) is 0 Å². The van der Waals surface area contributed by atoms with Crippen LogP contribution < -0.4 is 4.90 Å². The second-order valence-corrected chi connectivity index (χ2v) is 10.0. The molecule has 0 amide bonds. The molecule has 4 nitrogen and oxygen atoms in total. The average Bonchev–Trinajstić information content (AvgIpc) is 3.00. The van der Waals surface area contributed by atoms with Crippen molar-refractivity contribution >= 4 is 28.8 Å². The predicted octanol–water partition coefficient (Wildman–Crippen LogP) is 8.81. The van der Waals surface area contributed by atoms with Crippen molar-refractivity contribution in [1.82, 2.24) is 15.0 Å². The number of rotatable bonds is 4. The molecule has 38 heavy (non-hydrogen) atoms. The zero-order chi connectivity index (χ0) is 25.3. The number of nitrogens with zero attached hydrogens (tertiary/aromatic N) is 4. The molecule has 5 aromatic carbocycles. The molecule has 2 heterocycles. The molecule has 0 radical (unpaired) electrons. The SMILES string of the molecule is c1ccc(-c2nc(-c3ccccc3)nc(-c3ccc(N4c5ccccc5Sc5ccccc54)cc3)n2)cc1. The summed E-state index contributed by atoms with van der Waals surface area (Å²) in [5.74, 6) is 1.98. The van der Waals surface area contributed by atoms with Crippen LogP contribution in [0.3, 0.4) is 0 Å². The first kappa shape index (κ1) is 22.5. The van der Waals surface area contributed by atoms with Gasteiger partial charge in [-0.15, -0.1) is 0 Å². The van der Waals surface area contributed by atoms with Gasteiger partial charge < -0.3 is 4.90 Å². The van der Waals surface area contributed by atoms with Crippen LogP contribution >= 0.6 is 11.8 Å². The fourth-order valence-electron chi connectivity index (χ4n) is 4.68. The highest BCUT2D eigenvalue weighted by Gasteiger charge is 2.24. The molecule has 0 atom stereocenters. The van der Waals surface area contributed by atoms with E-state index in [0.29, 0.717) is 17.5 Å². The highest BCUT2D eigenvalue weighted by atomic mass is 32.2. The van der Waals surface area contributed by atoms with E-state index in [2.05, 4.69) is 77.7 Å². The number of fused-ring (bicyclic) bond motifs is 2. The van der Waals surface area contributed by atoms with E-state index in [1.165, 1.54) is 21.2 Å². The molecule has 0 spiro atoms. The third-order valence-electron chi connectivity index (χ3n) is 6.52. The van der Waals surface area contributed by atoms with Crippen molar-refractivity contribution in [3.05, 3.63) is 133 Å². The van der Waals surface area contributed by atoms with Crippen molar-refractivity contribution in [3.8, 4) is 34.2 Å². The third kappa shape index (κ3) is 4.13. The Balaban J connectivity index is 1.32. The second kappa shape index (κ2) is 9.61. The molecule has 0 saturated heterocycles. The molecule has 1 aliphatic heterocycles. The molecule has 1 aliphatic rings. The summed E-state index contributed by atoms with van der Waals surface area (Å²) in [5, 5.41) is 0. The molecule has 1 aromatic heterocycles. The molecule has 0 N–H and O–H groups in total. The Kier molecular flexibility index (Phi) is 5.68. The first-order chi connectivity index (χ1) is 18.8. The van der Waals surface area contributed by atoms with Gasteiger partial charge in [-0.25, -0.2) is 15.0 Å². The molecule has 5 heteroatoms. The monoisotopic (exact) mass is 506 g/mol. The quantitative estimate of drug-likeness (QED) is 0.239. The van der Waals surface area contributed by atoms with Crippen molar-refractivity contribution in [2.24, 2.45) is 0 Å². The maximum absolute atomic E-state index is 4.87. The number of hydrogen-bond donors (Lipinski definition) is 0. The molecule has 0 aliphatic carbocycles. The Morgan fingerprint density at radius 2 is 0.789 bits per heavy atom. The number of aromatic nitrogens is 3. The van der Waals surface area contributed by atoms with Crippen molar-refractivity contribution in [2.75, 3.05) is 4.90 Å². The van der Waals surface area contributed by atoms with E-state index in [-0.39, 0.29) is 0 Å². The Morgan fingerprint density at radius 1 is 0.395 bits per heavy atom. The Bertz CT molecular complexity index is 1630. The minimum atomic E-state index is 0.652. The number of hydrogen-bond acceptors (Lipinski definition) is 5. The van der Waals surface area contributed by atoms with Crippen molar-refractivity contribution in [1.29, 1.82) is 0 Å². The van der Waals surface area contributed by atoms with Crippen LogP contribution in [0, 0.1) is 0 Å². The van der Waals surface area contributed by atoms with Gasteiger partial charge in [0.15, 0.2) is 17.5 Å². The van der Waals surface area contributed by atoms with Gasteiger partial charge in [0, 0.05) is 32.2 Å². The smallest absolute Gasteiger partial charge is 0.164 e. The molecule has 0 fully saturated rings. The van der Waals surface area contributed by atoms with Crippen LogP contribution in [0.5, 0.6) is 0 Å². The van der Waals surface area contributed by atoms with Gasteiger partial charge in [0.05, 0.1) is 11.4 Å². The third-order valence-corrected chi connectivity index (χ3v) is 7.65. The van der Waals surface area contributed by atoms with Gasteiger partial charge in [-0.2, -0.15) is 0 Å². The van der Waals surface area contributed by atoms with Gasteiger partial charge in [0.1, 0.15) is 0 Å². The lowest BCUT2D eigenvalue weighted by Crippen LogP contribution is -2.14. The predicted molar refractivity (Wildman–Crippen MR) is 155 cm³/mol. The number of para-hydroxylation sites is 2. The molecule has 0 bridgehead atoms. The van der Waals surface area contributed by atoms with E-state index in [0.717, 1.165) is 22.4 Å². The molecule has 180 valence electrons. The highest BCUT2D eigenvalue weighted by Crippen LogP contribution is 2.51. The molecular weight excluding hydrogens is 484 g/mol. The zero-order valence-corrected chi connectivity index (χ0v) is 21.2. The average molecular weight is 507 g/mol. The zero-order valence-electron chi connectivity index (χ0n) is 20.4. The topological polar surface area (TPSA) is 41.9 Å². The minimum Gasteiger partial charge on any atom is -0.308 e. The molecule has 0 saturated carbocycles. The summed E-state index contributed by atoms with van der Waals surface area (Å²) in [4.78, 5) is 19.4. The normalized spacial score (nSPS) is 12.1. The van der Waals surface area contributed by atoms with Gasteiger partial charge in [0.25, 0.3) is 0 Å². The largest absolute Gasteiger partial charge is 0.308 e. The highest BCUT2D eigenvalue weighted by molar-refractivity contribution is 7.99. The van der Waals surface area contributed by atoms with E-state index in [4.69, 9.17) is 15.0 Å². The summed E-state index contributed by atoms with van der Waals surface area (Å²) in [7, 11) is 0. The van der Waals surface area contributed by atoms with Gasteiger partial charge in [0.2, 0.25) is 0 Å². The van der Waals surface area contributed by atoms with Crippen molar-refractivity contribution in [2.45, 2.75) is 9.79 Å². The lowest BCUT2D eigenvalue weighted by Gasteiger charge is -2.32. The standard InChI is InChI=1S/C33H22N4S/c1-3-11-23(12-4-1)31-34-32(24-13-5-2-6-14-24)36-33(35-31)25-19-21-26(22-20-25)37-27-15-7-9-17-29(27)38-30-18-10-8-16-28(30)37/h1-22H. The fourth-order valence-corrected chi connectivity index (χ4v) is 5.74. The lowest BCUT2D eigenvalue weighted by molar-refractivity contribution is 1.07. The summed E-state index contributed by atoms with van der Waals surface area (Å²) >= 11 is 1.81. The molecule has 6 aromatic rings. The molecular formula is C33H22N4S. The van der Waals surface area contributed by atoms with Gasteiger partial charge in [-0.1, -0.05) is 96.7 Å². The minimum absolute atomic E-state index is 0.652. The summed E-state index contributed by atoms with van der Waals surface area (Å²) in [6.45, 7) is 0. The maximum atomic E-state index is 4.87. The Labute approximate surface area is 225 Å². The van der Waals surface area contributed by atoms with Crippen LogP contribution in [-0.4, -0.2) is 15.0 Å². The van der Waals surface area contributed by atoms with E-state index in [1.807, 2.05) is 72.4 Å². The number of anilines is 3. The summed E-state index contributed by atoms with van der Waals surface area (Å²) in [5.41, 5.74) is 6.32. The van der Waals surface area contributed by atoms with Crippen LogP contribution in [0.25, 0.3) is 34.2 Å². The van der Waals surface area contributed by atoms with E-state index in [1.54, 1.807) is 0 Å². The van der Waals surface area contributed by atoms with E-state index >= 15 is 0 Å². The summed E-state index contributed by atoms with van der Waals surface area (Å²) in [6.07, 6.45) is 0.